The summed E-state index contributed by atoms with van der Waals surface area (Å²) in [6.07, 6.45) is -1.20. The average Bonchev–Trinajstić information content (AvgIpc) is 3.02. The number of ketones is 1. The lowest BCUT2D eigenvalue weighted by molar-refractivity contribution is -0.0463. The molecule has 9 nitrogen and oxygen atoms in total. The standard InChI is InChI=1S/C18H20N2O7/c1-10-7-19(16-6-13(23)15(9-21)27-16)18(26)20(17(10)25)8-14(24)11-2-4-12(22)5-3-11/h2-5,7,13,15-16,21-23H,6,8-9H2,1H3/t13-,15-,16-/m1/s1. The quantitative estimate of drug-likeness (QED) is 0.602. The zero-order valence-electron chi connectivity index (χ0n) is 14.6. The zero-order chi connectivity index (χ0) is 19.7. The molecule has 3 rings (SSSR count). The number of hydrogen-bond donors (Lipinski definition) is 3. The number of benzene rings is 1. The van der Waals surface area contributed by atoms with Crippen LogP contribution in [0.1, 0.15) is 28.6 Å². The number of ether oxygens (including phenoxy) is 1. The van der Waals surface area contributed by atoms with Gasteiger partial charge in [-0.2, -0.15) is 0 Å². The molecular formula is C18H20N2O7. The highest BCUT2D eigenvalue weighted by Crippen LogP contribution is 2.27. The van der Waals surface area contributed by atoms with Crippen LogP contribution in [-0.2, 0) is 11.3 Å². The lowest BCUT2D eigenvalue weighted by Crippen LogP contribution is -2.43. The van der Waals surface area contributed by atoms with Crippen molar-refractivity contribution >= 4 is 5.78 Å². The van der Waals surface area contributed by atoms with E-state index >= 15 is 0 Å². The lowest BCUT2D eigenvalue weighted by Gasteiger charge is -2.17. The van der Waals surface area contributed by atoms with Crippen LogP contribution in [0.4, 0.5) is 0 Å². The van der Waals surface area contributed by atoms with Crippen molar-refractivity contribution in [3.8, 4) is 5.75 Å². The molecule has 2 aromatic rings. The van der Waals surface area contributed by atoms with E-state index in [1.54, 1.807) is 0 Å². The molecule has 1 aliphatic heterocycles. The number of aromatic nitrogens is 2. The average molecular weight is 376 g/mol. The molecule has 0 spiro atoms. The van der Waals surface area contributed by atoms with Crippen molar-refractivity contribution in [2.45, 2.75) is 38.3 Å². The van der Waals surface area contributed by atoms with E-state index < -0.39 is 48.6 Å². The Balaban J connectivity index is 1.95. The number of phenolic OH excluding ortho intramolecular Hbond substituents is 1. The van der Waals surface area contributed by atoms with Crippen LogP contribution in [0.5, 0.6) is 5.75 Å². The summed E-state index contributed by atoms with van der Waals surface area (Å²) in [5.41, 5.74) is -0.854. The molecule has 27 heavy (non-hydrogen) atoms. The van der Waals surface area contributed by atoms with Gasteiger partial charge in [0.05, 0.1) is 19.3 Å². The van der Waals surface area contributed by atoms with Crippen LogP contribution in [0, 0.1) is 6.92 Å². The Kier molecular flexibility index (Phi) is 5.26. The number of carbonyl (C=O) groups is 1. The van der Waals surface area contributed by atoms with E-state index in [2.05, 4.69) is 0 Å². The lowest BCUT2D eigenvalue weighted by atomic mass is 10.1. The van der Waals surface area contributed by atoms with Gasteiger partial charge in [-0.15, -0.1) is 0 Å². The number of carbonyl (C=O) groups excluding carboxylic acids is 1. The Hall–Kier alpha value is -2.75. The monoisotopic (exact) mass is 376 g/mol. The van der Waals surface area contributed by atoms with Crippen molar-refractivity contribution in [1.29, 1.82) is 0 Å². The van der Waals surface area contributed by atoms with Crippen molar-refractivity contribution in [2.24, 2.45) is 0 Å². The minimum atomic E-state index is -0.939. The summed E-state index contributed by atoms with van der Waals surface area (Å²) in [6.45, 7) is 0.641. The van der Waals surface area contributed by atoms with Gasteiger partial charge < -0.3 is 20.1 Å². The molecule has 3 atom stereocenters. The van der Waals surface area contributed by atoms with Crippen molar-refractivity contribution in [3.63, 3.8) is 0 Å². The second-order valence-electron chi connectivity index (χ2n) is 6.48. The van der Waals surface area contributed by atoms with Crippen LogP contribution in [0.2, 0.25) is 0 Å². The van der Waals surface area contributed by atoms with E-state index in [-0.39, 0.29) is 23.3 Å². The molecule has 0 radical (unpaired) electrons. The van der Waals surface area contributed by atoms with Crippen LogP contribution >= 0.6 is 0 Å². The number of nitrogens with zero attached hydrogens (tertiary/aromatic N) is 2. The first-order chi connectivity index (χ1) is 12.8. The summed E-state index contributed by atoms with van der Waals surface area (Å²) in [7, 11) is 0. The number of rotatable bonds is 5. The maximum absolute atomic E-state index is 12.8. The highest BCUT2D eigenvalue weighted by atomic mass is 16.5. The third kappa shape index (κ3) is 3.70. The van der Waals surface area contributed by atoms with Gasteiger partial charge in [-0.3, -0.25) is 18.7 Å². The zero-order valence-corrected chi connectivity index (χ0v) is 14.6. The summed E-state index contributed by atoms with van der Waals surface area (Å²) >= 11 is 0. The molecule has 2 heterocycles. The summed E-state index contributed by atoms with van der Waals surface area (Å²) < 4.78 is 7.44. The summed E-state index contributed by atoms with van der Waals surface area (Å²) in [5.74, 6) is -0.469. The van der Waals surface area contributed by atoms with Gasteiger partial charge in [0.25, 0.3) is 5.56 Å². The van der Waals surface area contributed by atoms with Crippen LogP contribution in [0.15, 0.2) is 40.1 Å². The van der Waals surface area contributed by atoms with Gasteiger partial charge in [0.1, 0.15) is 18.1 Å². The van der Waals surface area contributed by atoms with Crippen molar-refractivity contribution in [1.82, 2.24) is 9.13 Å². The SMILES string of the molecule is Cc1cn([C@H]2C[C@@H](O)[C@@H](CO)O2)c(=O)n(CC(=O)c2ccc(O)cc2)c1=O. The fraction of sp³-hybridized carbons (Fsp3) is 0.389. The summed E-state index contributed by atoms with van der Waals surface area (Å²) in [6, 6.07) is 5.49. The first-order valence-corrected chi connectivity index (χ1v) is 8.41. The Morgan fingerprint density at radius 3 is 2.52 bits per heavy atom. The largest absolute Gasteiger partial charge is 0.508 e. The maximum Gasteiger partial charge on any atom is 0.333 e. The molecule has 0 bridgehead atoms. The van der Waals surface area contributed by atoms with Gasteiger partial charge >= 0.3 is 5.69 Å². The van der Waals surface area contributed by atoms with E-state index in [1.165, 1.54) is 37.4 Å². The topological polar surface area (TPSA) is 131 Å². The van der Waals surface area contributed by atoms with Crippen LogP contribution < -0.4 is 11.2 Å². The molecule has 1 aliphatic rings. The molecule has 0 saturated carbocycles. The van der Waals surface area contributed by atoms with Gasteiger partial charge in [0.2, 0.25) is 0 Å². The summed E-state index contributed by atoms with van der Waals surface area (Å²) in [5, 5.41) is 28.4. The van der Waals surface area contributed by atoms with Crippen LogP contribution in [0.3, 0.4) is 0 Å². The molecule has 1 fully saturated rings. The van der Waals surface area contributed by atoms with E-state index in [1.807, 2.05) is 0 Å². The fourth-order valence-electron chi connectivity index (χ4n) is 3.04. The van der Waals surface area contributed by atoms with Crippen molar-refractivity contribution < 1.29 is 24.9 Å². The molecule has 1 saturated heterocycles. The molecule has 144 valence electrons. The number of hydrogen-bond acceptors (Lipinski definition) is 7. The second kappa shape index (κ2) is 7.47. The van der Waals surface area contributed by atoms with Crippen LogP contribution in [0.25, 0.3) is 0 Å². The van der Waals surface area contributed by atoms with E-state index in [0.29, 0.717) is 0 Å². The number of aliphatic hydroxyl groups is 2. The number of aliphatic hydroxyl groups excluding tert-OH is 2. The molecule has 3 N–H and O–H groups in total. The van der Waals surface area contributed by atoms with Crippen molar-refractivity contribution in [2.75, 3.05) is 6.61 Å². The number of Topliss-reactive ketones (excluding diaryl/α,β-unsaturated/α-hetero) is 1. The number of aromatic hydroxyl groups is 1. The Morgan fingerprint density at radius 1 is 1.26 bits per heavy atom. The molecule has 0 amide bonds. The second-order valence-corrected chi connectivity index (χ2v) is 6.48. The first-order valence-electron chi connectivity index (χ1n) is 8.41. The minimum Gasteiger partial charge on any atom is -0.508 e. The summed E-state index contributed by atoms with van der Waals surface area (Å²) in [4.78, 5) is 37.6. The molecule has 0 unspecified atom stereocenters. The Labute approximate surface area is 153 Å². The van der Waals surface area contributed by atoms with Crippen LogP contribution in [-0.4, -0.2) is 49.1 Å². The van der Waals surface area contributed by atoms with E-state index in [4.69, 9.17) is 4.74 Å². The van der Waals surface area contributed by atoms with Gasteiger partial charge in [-0.05, 0) is 31.2 Å². The normalized spacial score (nSPS) is 22.1. The first kappa shape index (κ1) is 19.0. The predicted octanol–water partition coefficient (Wildman–Crippen LogP) is -0.452. The Morgan fingerprint density at radius 2 is 1.93 bits per heavy atom. The molecule has 0 aliphatic carbocycles. The van der Waals surface area contributed by atoms with Gasteiger partial charge in [0.15, 0.2) is 5.78 Å². The van der Waals surface area contributed by atoms with Crippen molar-refractivity contribution in [3.05, 3.63) is 62.4 Å². The van der Waals surface area contributed by atoms with E-state index in [9.17, 15) is 29.7 Å². The molecule has 1 aromatic heterocycles. The highest BCUT2D eigenvalue weighted by molar-refractivity contribution is 5.95. The predicted molar refractivity (Wildman–Crippen MR) is 93.8 cm³/mol. The minimum absolute atomic E-state index is 0.00277. The van der Waals surface area contributed by atoms with Gasteiger partial charge in [0, 0.05) is 23.7 Å². The molecule has 1 aromatic carbocycles. The number of phenols is 1. The fourth-order valence-corrected chi connectivity index (χ4v) is 3.04. The van der Waals surface area contributed by atoms with Gasteiger partial charge in [-0.1, -0.05) is 0 Å². The Bertz CT molecular complexity index is 961. The highest BCUT2D eigenvalue weighted by Gasteiger charge is 2.35. The smallest absolute Gasteiger partial charge is 0.333 e. The third-order valence-corrected chi connectivity index (χ3v) is 4.55. The number of aryl methyl sites for hydroxylation is 1. The van der Waals surface area contributed by atoms with E-state index in [0.717, 1.165) is 9.13 Å². The van der Waals surface area contributed by atoms with Gasteiger partial charge in [-0.25, -0.2) is 4.79 Å². The molecule has 9 heteroatoms. The third-order valence-electron chi connectivity index (χ3n) is 4.55. The molecular weight excluding hydrogens is 356 g/mol. The maximum atomic E-state index is 12.8.